The summed E-state index contributed by atoms with van der Waals surface area (Å²) in [7, 11) is -0.909. The van der Waals surface area contributed by atoms with Crippen molar-refractivity contribution >= 4 is 23.6 Å². The number of rotatable bonds is 3. The van der Waals surface area contributed by atoms with E-state index in [1.807, 2.05) is 91.0 Å². The molecule has 0 aliphatic heterocycles. The molecule has 0 amide bonds. The molecule has 24 heavy (non-hydrogen) atoms. The number of hydrogen-bond acceptors (Lipinski definition) is 3. The zero-order chi connectivity index (χ0) is 16.6. The van der Waals surface area contributed by atoms with Crippen LogP contribution in [0.2, 0.25) is 0 Å². The maximum Gasteiger partial charge on any atom is 0.560 e. The summed E-state index contributed by atoms with van der Waals surface area (Å²) in [6.07, 6.45) is 1.70. The van der Waals surface area contributed by atoms with Crippen molar-refractivity contribution in [2.75, 3.05) is 0 Å². The van der Waals surface area contributed by atoms with Crippen LogP contribution in [0, 0.1) is 0 Å². The Bertz CT molecular complexity index is 829. The third-order valence-electron chi connectivity index (χ3n) is 3.44. The lowest BCUT2D eigenvalue weighted by Crippen LogP contribution is -2.36. The molecule has 118 valence electrons. The molecule has 4 rings (SSSR count). The summed E-state index contributed by atoms with van der Waals surface area (Å²) in [6.45, 7) is 0. The van der Waals surface area contributed by atoms with Gasteiger partial charge in [0.05, 0.1) is 6.26 Å². The molecule has 1 N–H and O–H groups in total. The first-order chi connectivity index (χ1) is 11.8. The second kappa shape index (κ2) is 8.04. The fourth-order valence-corrected chi connectivity index (χ4v) is 2.22. The van der Waals surface area contributed by atoms with Crippen LogP contribution in [0.3, 0.4) is 0 Å². The van der Waals surface area contributed by atoms with Crippen LogP contribution in [0.5, 0.6) is 5.75 Å². The number of fused-ring (bicyclic) bond motifs is 1. The largest absolute Gasteiger partial charge is 0.560 e. The molecule has 0 aliphatic rings. The number of benzene rings is 3. The van der Waals surface area contributed by atoms with Crippen LogP contribution in [0.4, 0.5) is 0 Å². The van der Waals surface area contributed by atoms with Crippen molar-refractivity contribution in [2.45, 2.75) is 0 Å². The van der Waals surface area contributed by atoms with Gasteiger partial charge in [0.1, 0.15) is 11.3 Å². The van der Waals surface area contributed by atoms with E-state index in [1.54, 1.807) is 6.26 Å². The second-order valence-corrected chi connectivity index (χ2v) is 5.15. The van der Waals surface area contributed by atoms with Crippen LogP contribution in [0.15, 0.2) is 102 Å². The molecule has 0 saturated heterocycles. The van der Waals surface area contributed by atoms with E-state index in [1.165, 1.54) is 0 Å². The van der Waals surface area contributed by atoms with Crippen molar-refractivity contribution in [1.29, 1.82) is 0 Å². The minimum atomic E-state index is -0.909. The molecule has 0 atom stereocenters. The van der Waals surface area contributed by atoms with Crippen LogP contribution in [-0.4, -0.2) is 12.1 Å². The molecule has 3 aromatic carbocycles. The Labute approximate surface area is 141 Å². The van der Waals surface area contributed by atoms with E-state index < -0.39 is 7.12 Å². The Morgan fingerprint density at radius 2 is 1.33 bits per heavy atom. The number of furan rings is 1. The Morgan fingerprint density at radius 3 is 2.04 bits per heavy atom. The van der Waals surface area contributed by atoms with Gasteiger partial charge in [0.25, 0.3) is 0 Å². The van der Waals surface area contributed by atoms with Crippen molar-refractivity contribution in [2.24, 2.45) is 0 Å². The minimum Gasteiger partial charge on any atom is -0.532 e. The van der Waals surface area contributed by atoms with Crippen molar-refractivity contribution < 1.29 is 14.1 Å². The second-order valence-electron chi connectivity index (χ2n) is 5.15. The van der Waals surface area contributed by atoms with Crippen molar-refractivity contribution in [1.82, 2.24) is 0 Å². The third-order valence-corrected chi connectivity index (χ3v) is 3.44. The summed E-state index contributed by atoms with van der Waals surface area (Å²) in [5.41, 5.74) is 1.71. The van der Waals surface area contributed by atoms with Gasteiger partial charge < -0.3 is 14.1 Å². The van der Waals surface area contributed by atoms with Gasteiger partial charge in [-0.3, -0.25) is 0 Å². The Balaban J connectivity index is 0.000000159. The van der Waals surface area contributed by atoms with Gasteiger partial charge in [0, 0.05) is 5.39 Å². The van der Waals surface area contributed by atoms with Gasteiger partial charge in [-0.25, -0.2) is 0 Å². The van der Waals surface area contributed by atoms with E-state index in [0.717, 1.165) is 16.4 Å². The molecule has 0 spiro atoms. The maximum absolute atomic E-state index is 9.75. The highest BCUT2D eigenvalue weighted by Gasteiger charge is 2.17. The van der Waals surface area contributed by atoms with E-state index in [9.17, 15) is 5.02 Å². The average Bonchev–Trinajstić information content (AvgIpc) is 3.13. The molecular weight excluding hydrogens is 299 g/mol. The first-order valence-corrected chi connectivity index (χ1v) is 7.70. The average molecular weight is 316 g/mol. The molecule has 3 nitrogen and oxygen atoms in total. The zero-order valence-electron chi connectivity index (χ0n) is 13.1. The van der Waals surface area contributed by atoms with Gasteiger partial charge in [-0.1, -0.05) is 66.7 Å². The zero-order valence-corrected chi connectivity index (χ0v) is 13.1. The van der Waals surface area contributed by atoms with Gasteiger partial charge in [0.2, 0.25) is 0 Å². The van der Waals surface area contributed by atoms with Crippen molar-refractivity contribution in [3.8, 4) is 5.75 Å². The molecule has 1 aromatic heterocycles. The Kier molecular flexibility index (Phi) is 5.33. The third kappa shape index (κ3) is 4.27. The van der Waals surface area contributed by atoms with Crippen LogP contribution in [0.1, 0.15) is 0 Å². The highest BCUT2D eigenvalue weighted by molar-refractivity contribution is 6.60. The number of hydrogen-bond donors (Lipinski definition) is 1. The molecule has 0 aliphatic carbocycles. The molecule has 4 aromatic rings. The molecule has 0 radical (unpaired) electrons. The minimum absolute atomic E-state index is 0.661. The predicted octanol–water partition coefficient (Wildman–Crippen LogP) is 3.89. The van der Waals surface area contributed by atoms with Crippen LogP contribution < -0.4 is 10.1 Å². The number of para-hydroxylation sites is 2. The Hall–Kier alpha value is -2.98. The maximum atomic E-state index is 9.75. The summed E-state index contributed by atoms with van der Waals surface area (Å²) in [5.74, 6) is 0.661. The van der Waals surface area contributed by atoms with Crippen LogP contribution in [-0.2, 0) is 0 Å². The molecule has 4 heteroatoms. The monoisotopic (exact) mass is 316 g/mol. The topological polar surface area (TPSA) is 42.6 Å². The smallest absolute Gasteiger partial charge is 0.532 e. The molecule has 0 bridgehead atoms. The summed E-state index contributed by atoms with van der Waals surface area (Å²) in [5, 5.41) is 10.9. The first kappa shape index (κ1) is 15.9. The van der Waals surface area contributed by atoms with E-state index in [0.29, 0.717) is 5.75 Å². The first-order valence-electron chi connectivity index (χ1n) is 7.70. The van der Waals surface area contributed by atoms with E-state index in [4.69, 9.17) is 9.07 Å². The molecule has 0 saturated carbocycles. The lowest BCUT2D eigenvalue weighted by atomic mass is 9.79. The summed E-state index contributed by atoms with van der Waals surface area (Å²) in [6, 6.07) is 28.5. The van der Waals surface area contributed by atoms with Gasteiger partial charge >= 0.3 is 7.12 Å². The van der Waals surface area contributed by atoms with Gasteiger partial charge in [0.15, 0.2) is 0 Å². The normalized spacial score (nSPS) is 9.88. The molecule has 0 fully saturated rings. The van der Waals surface area contributed by atoms with Crippen LogP contribution in [0.25, 0.3) is 11.0 Å². The summed E-state index contributed by atoms with van der Waals surface area (Å²) < 4.78 is 10.5. The van der Waals surface area contributed by atoms with Crippen molar-refractivity contribution in [3.05, 3.63) is 97.3 Å². The van der Waals surface area contributed by atoms with Crippen molar-refractivity contribution in [3.63, 3.8) is 0 Å². The van der Waals surface area contributed by atoms with E-state index in [2.05, 4.69) is 0 Å². The lowest BCUT2D eigenvalue weighted by Gasteiger charge is -2.09. The fourth-order valence-electron chi connectivity index (χ4n) is 2.22. The molecule has 1 heterocycles. The van der Waals surface area contributed by atoms with E-state index >= 15 is 0 Å². The lowest BCUT2D eigenvalue weighted by molar-refractivity contribution is 0.432. The molecular formula is C20H17BO3. The highest BCUT2D eigenvalue weighted by atomic mass is 16.5. The van der Waals surface area contributed by atoms with Gasteiger partial charge in [-0.05, 0) is 29.7 Å². The van der Waals surface area contributed by atoms with E-state index in [-0.39, 0.29) is 0 Å². The van der Waals surface area contributed by atoms with Gasteiger partial charge in [-0.2, -0.15) is 0 Å². The molecule has 0 unspecified atom stereocenters. The Morgan fingerprint density at radius 1 is 0.708 bits per heavy atom. The standard InChI is InChI=1S/C12H11BO2.C8H6O/c14-13(11-7-3-1-4-8-11)15-12-9-5-2-6-10-12;1-2-4-8-7(3-1)5-6-9-8/h1-10,14H;1-6H. The highest BCUT2D eigenvalue weighted by Crippen LogP contribution is 2.12. The summed E-state index contributed by atoms with van der Waals surface area (Å²) in [4.78, 5) is 0. The quantitative estimate of drug-likeness (QED) is 0.583. The fraction of sp³-hybridized carbons (Fsp3) is 0. The van der Waals surface area contributed by atoms with Gasteiger partial charge in [-0.15, -0.1) is 0 Å². The van der Waals surface area contributed by atoms with Crippen LogP contribution >= 0.6 is 0 Å². The predicted molar refractivity (Wildman–Crippen MR) is 97.3 cm³/mol. The summed E-state index contributed by atoms with van der Waals surface area (Å²) >= 11 is 0. The SMILES string of the molecule is OB(Oc1ccccc1)c1ccccc1.c1ccc2occc2c1.